The zero-order chi connectivity index (χ0) is 20.8. The Morgan fingerprint density at radius 3 is 2.62 bits per heavy atom. The molecule has 1 atom stereocenters. The number of benzene rings is 1. The van der Waals surface area contributed by atoms with Crippen LogP contribution in [0.5, 0.6) is 0 Å². The van der Waals surface area contributed by atoms with E-state index in [2.05, 4.69) is 20.5 Å². The van der Waals surface area contributed by atoms with Crippen molar-refractivity contribution in [1.82, 2.24) is 30.3 Å². The number of hydrogen-bond donors (Lipinski definition) is 2. The van der Waals surface area contributed by atoms with Gasteiger partial charge in [0.15, 0.2) is 5.82 Å². The molecule has 0 bridgehead atoms. The van der Waals surface area contributed by atoms with Crippen molar-refractivity contribution in [3.8, 4) is 0 Å². The predicted molar refractivity (Wildman–Crippen MR) is 105 cm³/mol. The molecule has 2 heterocycles. The molecule has 1 aromatic heterocycles. The number of carbonyl (C=O) groups is 3. The highest BCUT2D eigenvalue weighted by Gasteiger charge is 2.39. The number of aromatic nitrogens is 3. The van der Waals surface area contributed by atoms with Crippen LogP contribution in [0.3, 0.4) is 0 Å². The standard InChI is InChI=1S/C20H26N6O3/c1-3-4-10-25-11-12-26(20(29)19(25)28)17(15-8-6-5-7-9-15)18(27)21-13-16-22-14(2)23-24-16/h5-9,17H,3-4,10-13H2,1-2H3,(H,21,27)(H,22,23,24)/t17-/m0/s1. The van der Waals surface area contributed by atoms with Crippen LogP contribution < -0.4 is 5.32 Å². The number of rotatable bonds is 8. The normalized spacial score (nSPS) is 15.5. The zero-order valence-electron chi connectivity index (χ0n) is 16.7. The fourth-order valence-corrected chi connectivity index (χ4v) is 3.34. The summed E-state index contributed by atoms with van der Waals surface area (Å²) in [6.07, 6.45) is 1.79. The van der Waals surface area contributed by atoms with E-state index in [0.29, 0.717) is 36.8 Å². The third-order valence-corrected chi connectivity index (χ3v) is 4.86. The summed E-state index contributed by atoms with van der Waals surface area (Å²) >= 11 is 0. The van der Waals surface area contributed by atoms with Crippen molar-refractivity contribution >= 4 is 17.7 Å². The van der Waals surface area contributed by atoms with Crippen LogP contribution in [-0.4, -0.2) is 62.3 Å². The van der Waals surface area contributed by atoms with Gasteiger partial charge in [0, 0.05) is 19.6 Å². The number of nitrogens with one attached hydrogen (secondary N) is 2. The van der Waals surface area contributed by atoms with E-state index in [9.17, 15) is 14.4 Å². The summed E-state index contributed by atoms with van der Waals surface area (Å²) in [4.78, 5) is 45.5. The molecule has 1 aliphatic rings. The van der Waals surface area contributed by atoms with Gasteiger partial charge >= 0.3 is 11.8 Å². The summed E-state index contributed by atoms with van der Waals surface area (Å²) in [5.41, 5.74) is 0.652. The van der Waals surface area contributed by atoms with Crippen molar-refractivity contribution in [1.29, 1.82) is 0 Å². The molecule has 0 radical (unpaired) electrons. The Kier molecular flexibility index (Phi) is 6.58. The van der Waals surface area contributed by atoms with Gasteiger partial charge in [-0.2, -0.15) is 5.10 Å². The van der Waals surface area contributed by atoms with Gasteiger partial charge in [-0.05, 0) is 18.9 Å². The number of unbranched alkanes of at least 4 members (excludes halogenated alkanes) is 1. The van der Waals surface area contributed by atoms with Crippen LogP contribution in [0.4, 0.5) is 0 Å². The molecule has 3 rings (SSSR count). The Hall–Kier alpha value is -3.23. The molecular weight excluding hydrogens is 372 g/mol. The van der Waals surface area contributed by atoms with Crippen molar-refractivity contribution in [2.75, 3.05) is 19.6 Å². The molecule has 154 valence electrons. The van der Waals surface area contributed by atoms with E-state index in [1.54, 1.807) is 36.1 Å². The Balaban J connectivity index is 1.78. The smallest absolute Gasteiger partial charge is 0.313 e. The fraction of sp³-hybridized carbons (Fsp3) is 0.450. The maximum absolute atomic E-state index is 13.0. The van der Waals surface area contributed by atoms with Crippen LogP contribution in [0.1, 0.15) is 43.0 Å². The molecule has 3 amide bonds. The number of amides is 3. The number of H-pyrrole nitrogens is 1. The minimum Gasteiger partial charge on any atom is -0.347 e. The van der Waals surface area contributed by atoms with Gasteiger partial charge < -0.3 is 15.1 Å². The summed E-state index contributed by atoms with van der Waals surface area (Å²) in [7, 11) is 0. The highest BCUT2D eigenvalue weighted by atomic mass is 16.2. The monoisotopic (exact) mass is 398 g/mol. The lowest BCUT2D eigenvalue weighted by molar-refractivity contribution is -0.159. The van der Waals surface area contributed by atoms with Crippen LogP contribution >= 0.6 is 0 Å². The summed E-state index contributed by atoms with van der Waals surface area (Å²) in [6, 6.07) is 8.12. The van der Waals surface area contributed by atoms with Gasteiger partial charge in [0.05, 0.1) is 6.54 Å². The first-order valence-corrected chi connectivity index (χ1v) is 9.81. The van der Waals surface area contributed by atoms with Gasteiger partial charge in [0.1, 0.15) is 11.9 Å². The quantitative estimate of drug-likeness (QED) is 0.643. The Bertz CT molecular complexity index is 866. The molecule has 1 aliphatic heterocycles. The second-order valence-corrected chi connectivity index (χ2v) is 7.01. The van der Waals surface area contributed by atoms with E-state index >= 15 is 0 Å². The van der Waals surface area contributed by atoms with E-state index in [1.165, 1.54) is 4.90 Å². The van der Waals surface area contributed by atoms with Crippen LogP contribution in [0.25, 0.3) is 0 Å². The molecule has 9 heteroatoms. The average Bonchev–Trinajstić information content (AvgIpc) is 3.15. The summed E-state index contributed by atoms with van der Waals surface area (Å²) in [6.45, 7) is 5.22. The van der Waals surface area contributed by atoms with Gasteiger partial charge in [-0.25, -0.2) is 4.98 Å². The fourth-order valence-electron chi connectivity index (χ4n) is 3.34. The first-order valence-electron chi connectivity index (χ1n) is 9.81. The molecule has 1 fully saturated rings. The van der Waals surface area contributed by atoms with Crippen LogP contribution in [0.2, 0.25) is 0 Å². The third-order valence-electron chi connectivity index (χ3n) is 4.86. The molecule has 29 heavy (non-hydrogen) atoms. The van der Waals surface area contributed by atoms with E-state index < -0.39 is 17.9 Å². The molecule has 0 aliphatic carbocycles. The number of carbonyl (C=O) groups excluding carboxylic acids is 3. The summed E-state index contributed by atoms with van der Waals surface area (Å²) in [5, 5.41) is 9.52. The van der Waals surface area contributed by atoms with E-state index in [4.69, 9.17) is 0 Å². The lowest BCUT2D eigenvalue weighted by Gasteiger charge is -2.38. The minimum atomic E-state index is -0.888. The SMILES string of the molecule is CCCCN1CCN([C@H](C(=O)NCc2n[nH]c(C)n2)c2ccccc2)C(=O)C1=O. The largest absolute Gasteiger partial charge is 0.347 e. The Labute approximate surface area is 169 Å². The molecule has 9 nitrogen and oxygen atoms in total. The van der Waals surface area contributed by atoms with E-state index in [0.717, 1.165) is 12.8 Å². The molecule has 0 spiro atoms. The van der Waals surface area contributed by atoms with Gasteiger partial charge in [0.25, 0.3) is 0 Å². The second-order valence-electron chi connectivity index (χ2n) is 7.01. The second kappa shape index (κ2) is 9.31. The zero-order valence-corrected chi connectivity index (χ0v) is 16.7. The minimum absolute atomic E-state index is 0.130. The van der Waals surface area contributed by atoms with Crippen LogP contribution in [-0.2, 0) is 20.9 Å². The maximum Gasteiger partial charge on any atom is 0.313 e. The number of hydrogen-bond acceptors (Lipinski definition) is 5. The van der Waals surface area contributed by atoms with Gasteiger partial charge in [0.2, 0.25) is 5.91 Å². The van der Waals surface area contributed by atoms with Crippen molar-refractivity contribution in [2.45, 2.75) is 39.3 Å². The lowest BCUT2D eigenvalue weighted by Crippen LogP contribution is -2.57. The average molecular weight is 398 g/mol. The molecule has 1 aromatic carbocycles. The summed E-state index contributed by atoms with van der Waals surface area (Å²) in [5.74, 6) is -0.470. The van der Waals surface area contributed by atoms with Crippen LogP contribution in [0.15, 0.2) is 30.3 Å². The molecule has 0 saturated carbocycles. The van der Waals surface area contributed by atoms with Crippen LogP contribution in [0, 0.1) is 6.92 Å². The maximum atomic E-state index is 13.0. The highest BCUT2D eigenvalue weighted by molar-refractivity contribution is 6.35. The Morgan fingerprint density at radius 2 is 1.97 bits per heavy atom. The lowest BCUT2D eigenvalue weighted by atomic mass is 10.0. The van der Waals surface area contributed by atoms with Crippen molar-refractivity contribution < 1.29 is 14.4 Å². The first-order chi connectivity index (χ1) is 14.0. The molecule has 2 aromatic rings. The number of aromatic amines is 1. The topological polar surface area (TPSA) is 111 Å². The van der Waals surface area contributed by atoms with Crippen molar-refractivity contribution in [2.24, 2.45) is 0 Å². The molecule has 1 saturated heterocycles. The Morgan fingerprint density at radius 1 is 1.21 bits per heavy atom. The summed E-state index contributed by atoms with van der Waals surface area (Å²) < 4.78 is 0. The number of piperazine rings is 1. The van der Waals surface area contributed by atoms with Gasteiger partial charge in [-0.15, -0.1) is 0 Å². The van der Waals surface area contributed by atoms with E-state index in [-0.39, 0.29) is 12.5 Å². The third kappa shape index (κ3) is 4.79. The molecular formula is C20H26N6O3. The number of aryl methyl sites for hydroxylation is 1. The van der Waals surface area contributed by atoms with Gasteiger partial charge in [-0.1, -0.05) is 43.7 Å². The first kappa shape index (κ1) is 20.5. The predicted octanol–water partition coefficient (Wildman–Crippen LogP) is 0.942. The molecule has 2 N–H and O–H groups in total. The van der Waals surface area contributed by atoms with Gasteiger partial charge in [-0.3, -0.25) is 19.5 Å². The van der Waals surface area contributed by atoms with Crippen molar-refractivity contribution in [3.63, 3.8) is 0 Å². The molecule has 0 unspecified atom stereocenters. The van der Waals surface area contributed by atoms with E-state index in [1.807, 2.05) is 13.0 Å². The number of nitrogens with zero attached hydrogens (tertiary/aromatic N) is 4. The highest BCUT2D eigenvalue weighted by Crippen LogP contribution is 2.24. The van der Waals surface area contributed by atoms with Crippen molar-refractivity contribution in [3.05, 3.63) is 47.5 Å².